The minimum Gasteiger partial charge on any atom is -0.370 e. The SMILES string of the molecule is CC(C)CCNc1cc(C(=O)Nc2ccc(F)c(Cl)c2)ncn1. The summed E-state index contributed by atoms with van der Waals surface area (Å²) in [6.45, 7) is 5.03. The van der Waals surface area contributed by atoms with Gasteiger partial charge in [-0.2, -0.15) is 0 Å². The minimum atomic E-state index is -0.539. The summed E-state index contributed by atoms with van der Waals surface area (Å²) in [5.74, 6) is 0.212. The van der Waals surface area contributed by atoms with Crippen LogP contribution in [-0.2, 0) is 0 Å². The standard InChI is InChI=1S/C16H18ClFN4O/c1-10(2)5-6-19-15-8-14(20-9-21-15)16(23)22-11-3-4-13(18)12(17)7-11/h3-4,7-10H,5-6H2,1-2H3,(H,22,23)(H,19,20,21). The van der Waals surface area contributed by atoms with Crippen molar-refractivity contribution in [3.63, 3.8) is 0 Å². The molecule has 0 bridgehead atoms. The number of carbonyl (C=O) groups excluding carboxylic acids is 1. The third kappa shape index (κ3) is 5.17. The molecule has 2 rings (SSSR count). The molecule has 0 aliphatic rings. The Balaban J connectivity index is 2.02. The van der Waals surface area contributed by atoms with Crippen molar-refractivity contribution in [1.82, 2.24) is 9.97 Å². The molecule has 0 aliphatic carbocycles. The lowest BCUT2D eigenvalue weighted by atomic mass is 10.1. The maximum atomic E-state index is 13.1. The summed E-state index contributed by atoms with van der Waals surface area (Å²) in [6, 6.07) is 5.54. The average Bonchev–Trinajstić information content (AvgIpc) is 2.51. The molecule has 0 saturated carbocycles. The average molecular weight is 337 g/mol. The number of hydrogen-bond acceptors (Lipinski definition) is 4. The fourth-order valence-corrected chi connectivity index (χ4v) is 2.02. The van der Waals surface area contributed by atoms with Crippen molar-refractivity contribution in [3.8, 4) is 0 Å². The van der Waals surface area contributed by atoms with Crippen molar-refractivity contribution in [2.75, 3.05) is 17.2 Å². The predicted molar refractivity (Wildman–Crippen MR) is 89.3 cm³/mol. The number of benzene rings is 1. The molecule has 0 aliphatic heterocycles. The third-order valence-corrected chi connectivity index (χ3v) is 3.39. The van der Waals surface area contributed by atoms with Crippen LogP contribution in [0.15, 0.2) is 30.6 Å². The van der Waals surface area contributed by atoms with E-state index >= 15 is 0 Å². The zero-order chi connectivity index (χ0) is 16.8. The Hall–Kier alpha value is -2.21. The quantitative estimate of drug-likeness (QED) is 0.837. The van der Waals surface area contributed by atoms with Gasteiger partial charge in [-0.25, -0.2) is 14.4 Å². The predicted octanol–water partition coefficient (Wildman–Crippen LogP) is 3.98. The molecule has 0 fully saturated rings. The van der Waals surface area contributed by atoms with E-state index in [1.807, 2.05) is 0 Å². The molecule has 1 aromatic carbocycles. The van der Waals surface area contributed by atoms with Crippen LogP contribution in [0.1, 0.15) is 30.8 Å². The zero-order valence-corrected chi connectivity index (χ0v) is 13.7. The molecule has 0 unspecified atom stereocenters. The van der Waals surface area contributed by atoms with Crippen LogP contribution in [0.2, 0.25) is 5.02 Å². The Morgan fingerprint density at radius 3 is 2.78 bits per heavy atom. The molecule has 1 aromatic heterocycles. The number of carbonyl (C=O) groups is 1. The van der Waals surface area contributed by atoms with Crippen LogP contribution in [0, 0.1) is 11.7 Å². The second-order valence-electron chi connectivity index (χ2n) is 5.48. The molecular formula is C16H18ClFN4O. The van der Waals surface area contributed by atoms with Gasteiger partial charge in [-0.3, -0.25) is 4.79 Å². The molecule has 1 heterocycles. The van der Waals surface area contributed by atoms with E-state index in [4.69, 9.17) is 11.6 Å². The van der Waals surface area contributed by atoms with Crippen LogP contribution in [0.5, 0.6) is 0 Å². The first kappa shape index (κ1) is 17.1. The van der Waals surface area contributed by atoms with Gasteiger partial charge in [0.05, 0.1) is 5.02 Å². The monoisotopic (exact) mass is 336 g/mol. The normalized spacial score (nSPS) is 10.7. The van der Waals surface area contributed by atoms with E-state index in [1.54, 1.807) is 6.07 Å². The number of amides is 1. The Morgan fingerprint density at radius 1 is 1.30 bits per heavy atom. The van der Waals surface area contributed by atoms with Crippen LogP contribution < -0.4 is 10.6 Å². The Kier molecular flexibility index (Phi) is 5.87. The summed E-state index contributed by atoms with van der Waals surface area (Å²) in [5.41, 5.74) is 0.613. The topological polar surface area (TPSA) is 66.9 Å². The first-order valence-electron chi connectivity index (χ1n) is 7.28. The van der Waals surface area contributed by atoms with Crippen LogP contribution in [0.4, 0.5) is 15.9 Å². The van der Waals surface area contributed by atoms with E-state index in [-0.39, 0.29) is 10.7 Å². The summed E-state index contributed by atoms with van der Waals surface area (Å²) in [5, 5.41) is 5.72. The summed E-state index contributed by atoms with van der Waals surface area (Å²) in [4.78, 5) is 20.2. The Bertz CT molecular complexity index is 694. The molecule has 7 heteroatoms. The molecule has 122 valence electrons. The molecule has 23 heavy (non-hydrogen) atoms. The van der Waals surface area contributed by atoms with Gasteiger partial charge in [-0.1, -0.05) is 25.4 Å². The van der Waals surface area contributed by atoms with Gasteiger partial charge in [-0.15, -0.1) is 0 Å². The molecule has 5 nitrogen and oxygen atoms in total. The van der Waals surface area contributed by atoms with E-state index in [2.05, 4.69) is 34.4 Å². The van der Waals surface area contributed by atoms with Crippen LogP contribution in [0.3, 0.4) is 0 Å². The number of aromatic nitrogens is 2. The first-order valence-corrected chi connectivity index (χ1v) is 7.66. The molecule has 0 spiro atoms. The molecule has 0 atom stereocenters. The van der Waals surface area contributed by atoms with Gasteiger partial charge in [0.1, 0.15) is 23.7 Å². The second-order valence-corrected chi connectivity index (χ2v) is 5.89. The van der Waals surface area contributed by atoms with Crippen LogP contribution in [-0.4, -0.2) is 22.4 Å². The van der Waals surface area contributed by atoms with E-state index < -0.39 is 11.7 Å². The molecule has 1 amide bonds. The largest absolute Gasteiger partial charge is 0.370 e. The van der Waals surface area contributed by atoms with E-state index in [1.165, 1.54) is 24.5 Å². The number of anilines is 2. The number of rotatable bonds is 6. The highest BCUT2D eigenvalue weighted by Crippen LogP contribution is 2.19. The van der Waals surface area contributed by atoms with E-state index in [9.17, 15) is 9.18 Å². The fraction of sp³-hybridized carbons (Fsp3) is 0.312. The summed E-state index contributed by atoms with van der Waals surface area (Å²) in [7, 11) is 0. The molecule has 2 N–H and O–H groups in total. The Morgan fingerprint density at radius 2 is 2.09 bits per heavy atom. The maximum Gasteiger partial charge on any atom is 0.274 e. The van der Waals surface area contributed by atoms with Crippen molar-refractivity contribution < 1.29 is 9.18 Å². The number of halogens is 2. The summed E-state index contributed by atoms with van der Waals surface area (Å²) < 4.78 is 13.1. The maximum absolute atomic E-state index is 13.1. The Labute approximate surface area is 139 Å². The number of nitrogens with one attached hydrogen (secondary N) is 2. The zero-order valence-electron chi connectivity index (χ0n) is 12.9. The molecule has 0 saturated heterocycles. The molecule has 2 aromatic rings. The minimum absolute atomic E-state index is 0.0541. The molecular weight excluding hydrogens is 319 g/mol. The highest BCUT2D eigenvalue weighted by Gasteiger charge is 2.10. The van der Waals surface area contributed by atoms with Gasteiger partial charge in [0.15, 0.2) is 0 Å². The highest BCUT2D eigenvalue weighted by molar-refractivity contribution is 6.31. The van der Waals surface area contributed by atoms with Crippen molar-refractivity contribution in [2.24, 2.45) is 5.92 Å². The van der Waals surface area contributed by atoms with Gasteiger partial charge in [0.2, 0.25) is 0 Å². The van der Waals surface area contributed by atoms with Gasteiger partial charge >= 0.3 is 0 Å². The summed E-state index contributed by atoms with van der Waals surface area (Å²) in [6.07, 6.45) is 2.32. The second kappa shape index (κ2) is 7.87. The van der Waals surface area contributed by atoms with Crippen LogP contribution >= 0.6 is 11.6 Å². The van der Waals surface area contributed by atoms with Gasteiger partial charge in [0.25, 0.3) is 5.91 Å². The van der Waals surface area contributed by atoms with E-state index in [0.717, 1.165) is 13.0 Å². The lowest BCUT2D eigenvalue weighted by Gasteiger charge is -2.09. The highest BCUT2D eigenvalue weighted by atomic mass is 35.5. The van der Waals surface area contributed by atoms with Gasteiger partial charge < -0.3 is 10.6 Å². The van der Waals surface area contributed by atoms with E-state index in [0.29, 0.717) is 17.4 Å². The van der Waals surface area contributed by atoms with Crippen molar-refractivity contribution in [3.05, 3.63) is 47.1 Å². The van der Waals surface area contributed by atoms with Crippen molar-refractivity contribution in [1.29, 1.82) is 0 Å². The fourth-order valence-electron chi connectivity index (χ4n) is 1.84. The third-order valence-electron chi connectivity index (χ3n) is 3.10. The lowest BCUT2D eigenvalue weighted by Crippen LogP contribution is -2.15. The van der Waals surface area contributed by atoms with Crippen molar-refractivity contribution in [2.45, 2.75) is 20.3 Å². The smallest absolute Gasteiger partial charge is 0.274 e. The number of nitrogens with zero attached hydrogens (tertiary/aromatic N) is 2. The van der Waals surface area contributed by atoms with Gasteiger partial charge in [-0.05, 0) is 30.5 Å². The lowest BCUT2D eigenvalue weighted by molar-refractivity contribution is 0.102. The van der Waals surface area contributed by atoms with Crippen LogP contribution in [0.25, 0.3) is 0 Å². The summed E-state index contributed by atoms with van der Waals surface area (Å²) >= 11 is 5.69. The molecule has 0 radical (unpaired) electrons. The van der Waals surface area contributed by atoms with Gasteiger partial charge in [0, 0.05) is 18.3 Å². The number of hydrogen-bond donors (Lipinski definition) is 2. The first-order chi connectivity index (χ1) is 11.0. The van der Waals surface area contributed by atoms with Crippen molar-refractivity contribution >= 4 is 29.0 Å².